The van der Waals surface area contributed by atoms with Gasteiger partial charge >= 0.3 is 11.8 Å². The van der Waals surface area contributed by atoms with Gasteiger partial charge in [0.1, 0.15) is 11.4 Å². The van der Waals surface area contributed by atoms with Crippen molar-refractivity contribution in [3.05, 3.63) is 51.0 Å². The third kappa shape index (κ3) is 8.73. The highest BCUT2D eigenvalue weighted by Gasteiger charge is 2.37. The van der Waals surface area contributed by atoms with Crippen LogP contribution in [0.4, 0.5) is 15.0 Å². The van der Waals surface area contributed by atoms with Gasteiger partial charge in [0.15, 0.2) is 24.9 Å². The lowest BCUT2D eigenvalue weighted by molar-refractivity contribution is 0.0218. The number of piperazine rings is 1. The first kappa shape index (κ1) is 37.7. The topological polar surface area (TPSA) is 103 Å². The summed E-state index contributed by atoms with van der Waals surface area (Å²) in [5.74, 6) is -0.411. The molecular weight excluding hydrogens is 651 g/mol. The molecule has 13 heteroatoms. The van der Waals surface area contributed by atoms with Gasteiger partial charge in [0.25, 0.3) is 0 Å². The van der Waals surface area contributed by atoms with Crippen molar-refractivity contribution in [1.82, 2.24) is 24.4 Å². The highest BCUT2D eigenvalue weighted by Crippen LogP contribution is 2.36. The molecule has 1 aliphatic rings. The summed E-state index contributed by atoms with van der Waals surface area (Å²) in [5.41, 5.74) is 1.29. The second kappa shape index (κ2) is 14.8. The fraction of sp³-hybridized carbons (Fsp3) is 0.629. The zero-order valence-electron chi connectivity index (χ0n) is 30.2. The fourth-order valence-electron chi connectivity index (χ4n) is 5.54. The number of hydrogen-bond donors (Lipinski definition) is 0. The maximum Gasteiger partial charge on any atom is 0.410 e. The molecule has 0 N–H and O–H groups in total. The van der Waals surface area contributed by atoms with Gasteiger partial charge in [-0.3, -0.25) is 4.98 Å². The lowest BCUT2D eigenvalue weighted by Crippen LogP contribution is -2.55. The normalized spacial score (nSPS) is 16.1. The third-order valence-electron chi connectivity index (χ3n) is 9.17. The molecule has 1 saturated heterocycles. The predicted molar refractivity (Wildman–Crippen MR) is 193 cm³/mol. The summed E-state index contributed by atoms with van der Waals surface area (Å²) in [6.45, 7) is 22.5. The minimum absolute atomic E-state index is 0.160. The van der Waals surface area contributed by atoms with Gasteiger partial charge in [0.05, 0.1) is 16.8 Å². The second-order valence-corrected chi connectivity index (χ2v) is 20.4. The summed E-state index contributed by atoms with van der Waals surface area (Å²) in [4.78, 5) is 44.0. The summed E-state index contributed by atoms with van der Waals surface area (Å²) >= 11 is 6.25. The average molecular weight is 703 g/mol. The van der Waals surface area contributed by atoms with E-state index in [4.69, 9.17) is 25.7 Å². The van der Waals surface area contributed by atoms with Crippen LogP contribution in [0.25, 0.3) is 16.7 Å². The SMILES string of the molecule is CCCc1ncc(CCCCO[Si](C)(C)C(C)(C)C)cc1-n1c(=O)nc(N2CCN(C(=O)OC(C)(C)C)C[C@@H]2C)c2cc(F)c(Cl)nc21. The molecule has 1 atom stereocenters. The van der Waals surface area contributed by atoms with Crippen LogP contribution < -0.4 is 10.6 Å². The molecule has 264 valence electrons. The Kier molecular flexibility index (Phi) is 11.6. The highest BCUT2D eigenvalue weighted by atomic mass is 35.5. The maximum atomic E-state index is 15.0. The van der Waals surface area contributed by atoms with Crippen molar-refractivity contribution in [1.29, 1.82) is 0 Å². The number of hydrogen-bond acceptors (Lipinski definition) is 8. The fourth-order valence-corrected chi connectivity index (χ4v) is 6.76. The molecule has 0 bridgehead atoms. The van der Waals surface area contributed by atoms with Crippen molar-refractivity contribution in [2.75, 3.05) is 31.1 Å². The molecule has 0 aromatic carbocycles. The molecule has 48 heavy (non-hydrogen) atoms. The molecule has 1 fully saturated rings. The number of fused-ring (bicyclic) bond motifs is 1. The van der Waals surface area contributed by atoms with Gasteiger partial charge in [-0.25, -0.2) is 23.5 Å². The number of aromatic nitrogens is 4. The van der Waals surface area contributed by atoms with Crippen molar-refractivity contribution in [3.8, 4) is 5.69 Å². The van der Waals surface area contributed by atoms with Crippen LogP contribution in [-0.4, -0.2) is 76.7 Å². The number of pyridine rings is 2. The number of carbonyl (C=O) groups excluding carboxylic acids is 1. The van der Waals surface area contributed by atoms with Crippen LogP contribution in [0.3, 0.4) is 0 Å². The van der Waals surface area contributed by atoms with E-state index in [2.05, 4.69) is 43.8 Å². The Morgan fingerprint density at radius 1 is 1.08 bits per heavy atom. The van der Waals surface area contributed by atoms with E-state index < -0.39 is 31.5 Å². The van der Waals surface area contributed by atoms with E-state index in [-0.39, 0.29) is 21.9 Å². The Labute approximate surface area is 290 Å². The van der Waals surface area contributed by atoms with Gasteiger partial charge in [0.2, 0.25) is 0 Å². The molecule has 0 radical (unpaired) electrons. The van der Waals surface area contributed by atoms with E-state index in [1.165, 1.54) is 10.6 Å². The summed E-state index contributed by atoms with van der Waals surface area (Å²) in [7, 11) is -1.81. The molecule has 0 spiro atoms. The Morgan fingerprint density at radius 2 is 1.79 bits per heavy atom. The molecule has 4 heterocycles. The van der Waals surface area contributed by atoms with Gasteiger partial charge in [0, 0.05) is 38.5 Å². The molecule has 10 nitrogen and oxygen atoms in total. The smallest absolute Gasteiger partial charge is 0.410 e. The standard InChI is InChI=1S/C35H52ClFN6O4Si/c1-11-14-27-28(19-24(21-38-27)15-12-13-18-46-48(9,10)35(6,7)8)43-31-25(20-26(37)29(36)39-31)30(40-32(43)44)42-17-16-41(22-23(42)2)33(45)47-34(3,4)5/h19-21,23H,11-18,22H2,1-10H3/t23-/m0/s1. The molecule has 0 aliphatic carbocycles. The first-order chi connectivity index (χ1) is 22.3. The van der Waals surface area contributed by atoms with E-state index in [1.807, 2.05) is 51.8 Å². The molecule has 0 saturated carbocycles. The number of anilines is 1. The van der Waals surface area contributed by atoms with Gasteiger partial charge < -0.3 is 19.0 Å². The Bertz CT molecular complexity index is 1690. The van der Waals surface area contributed by atoms with Crippen molar-refractivity contribution in [3.63, 3.8) is 0 Å². The van der Waals surface area contributed by atoms with Gasteiger partial charge in [-0.05, 0) is 89.2 Å². The minimum atomic E-state index is -1.81. The van der Waals surface area contributed by atoms with Crippen molar-refractivity contribution >= 4 is 42.9 Å². The first-order valence-corrected chi connectivity index (χ1v) is 20.3. The van der Waals surface area contributed by atoms with Gasteiger partial charge in [-0.1, -0.05) is 45.7 Å². The second-order valence-electron chi connectivity index (χ2n) is 15.3. The molecule has 1 amide bonds. The quantitative estimate of drug-likeness (QED) is 0.120. The number of ether oxygens (including phenoxy) is 1. The first-order valence-electron chi connectivity index (χ1n) is 17.0. The van der Waals surface area contributed by atoms with Crippen molar-refractivity contribution in [2.45, 2.75) is 117 Å². The van der Waals surface area contributed by atoms with Crippen LogP contribution in [0.15, 0.2) is 23.1 Å². The lowest BCUT2D eigenvalue weighted by atomic mass is 10.1. The molecular formula is C35H52ClFN6O4Si. The number of halogens is 2. The maximum absolute atomic E-state index is 15.0. The number of amides is 1. The summed E-state index contributed by atoms with van der Waals surface area (Å²) in [5, 5.41) is 0.176. The average Bonchev–Trinajstić information content (AvgIpc) is 2.97. The number of carbonyl (C=O) groups is 1. The lowest BCUT2D eigenvalue weighted by Gasteiger charge is -2.41. The Hall–Kier alpha value is -3.09. The van der Waals surface area contributed by atoms with Crippen molar-refractivity contribution in [2.24, 2.45) is 0 Å². The van der Waals surface area contributed by atoms with E-state index >= 15 is 4.39 Å². The Morgan fingerprint density at radius 3 is 2.42 bits per heavy atom. The van der Waals surface area contributed by atoms with E-state index in [0.717, 1.165) is 36.9 Å². The van der Waals surface area contributed by atoms with Gasteiger partial charge in [-0.2, -0.15) is 4.98 Å². The molecule has 1 aliphatic heterocycles. The Balaban J connectivity index is 1.67. The van der Waals surface area contributed by atoms with Crippen LogP contribution >= 0.6 is 11.6 Å². The van der Waals surface area contributed by atoms with Crippen LogP contribution in [0.2, 0.25) is 23.3 Å². The predicted octanol–water partition coefficient (Wildman–Crippen LogP) is 7.71. The number of unbranched alkanes of at least 4 members (excludes halogenated alkanes) is 1. The van der Waals surface area contributed by atoms with Crippen LogP contribution in [-0.2, 0) is 22.0 Å². The summed E-state index contributed by atoms with van der Waals surface area (Å²) in [6.07, 6.45) is 5.47. The molecule has 0 unspecified atom stereocenters. The summed E-state index contributed by atoms with van der Waals surface area (Å²) in [6, 6.07) is 3.02. The zero-order valence-corrected chi connectivity index (χ0v) is 32.0. The van der Waals surface area contributed by atoms with Gasteiger partial charge in [-0.15, -0.1) is 0 Å². The highest BCUT2D eigenvalue weighted by molar-refractivity contribution is 6.74. The van der Waals surface area contributed by atoms with E-state index in [1.54, 1.807) is 4.90 Å². The van der Waals surface area contributed by atoms with E-state index in [9.17, 15) is 9.59 Å². The number of rotatable bonds is 10. The third-order valence-corrected chi connectivity index (χ3v) is 14.0. The zero-order chi connectivity index (χ0) is 35.6. The summed E-state index contributed by atoms with van der Waals surface area (Å²) < 4.78 is 28.4. The molecule has 4 rings (SSSR count). The van der Waals surface area contributed by atoms with Crippen molar-refractivity contribution < 1.29 is 18.3 Å². The monoisotopic (exact) mass is 702 g/mol. The molecule has 3 aromatic rings. The number of nitrogens with zero attached hydrogens (tertiary/aromatic N) is 6. The van der Waals surface area contributed by atoms with Crippen LogP contribution in [0.1, 0.15) is 85.9 Å². The minimum Gasteiger partial charge on any atom is -0.444 e. The molecule has 3 aromatic heterocycles. The van der Waals surface area contributed by atoms with E-state index in [0.29, 0.717) is 49.6 Å². The number of aryl methyl sites for hydroxylation is 2. The van der Waals surface area contributed by atoms with Crippen LogP contribution in [0.5, 0.6) is 0 Å². The largest absolute Gasteiger partial charge is 0.444 e. The van der Waals surface area contributed by atoms with Crippen LogP contribution in [0, 0.1) is 5.82 Å².